The predicted molar refractivity (Wildman–Crippen MR) is 53.7 cm³/mol. The van der Waals surface area contributed by atoms with Gasteiger partial charge in [0.25, 0.3) is 0 Å². The number of piperazine rings is 1. The highest BCUT2D eigenvalue weighted by Gasteiger charge is 2.35. The molecule has 1 fully saturated rings. The molecule has 15 heavy (non-hydrogen) atoms. The van der Waals surface area contributed by atoms with Crippen molar-refractivity contribution in [2.45, 2.75) is 33.0 Å². The Labute approximate surface area is 88.8 Å². The van der Waals surface area contributed by atoms with E-state index in [0.717, 1.165) is 0 Å². The normalized spacial score (nSPS) is 25.6. The van der Waals surface area contributed by atoms with Gasteiger partial charge in [0.1, 0.15) is 0 Å². The molecule has 1 N–H and O–H groups in total. The number of rotatable bonds is 1. The Morgan fingerprint density at radius 1 is 1.27 bits per heavy atom. The van der Waals surface area contributed by atoms with E-state index in [0.29, 0.717) is 19.6 Å². The monoisotopic (exact) mass is 224 g/mol. The zero-order chi connectivity index (χ0) is 11.7. The summed E-state index contributed by atoms with van der Waals surface area (Å²) in [5, 5.41) is 3.27. The number of hydrogen-bond donors (Lipinski definition) is 1. The second-order valence-electron chi connectivity index (χ2n) is 5.22. The van der Waals surface area contributed by atoms with Crippen LogP contribution in [0.4, 0.5) is 13.2 Å². The van der Waals surface area contributed by atoms with Crippen LogP contribution in [0.2, 0.25) is 0 Å². The highest BCUT2D eigenvalue weighted by Crippen LogP contribution is 2.24. The van der Waals surface area contributed by atoms with E-state index >= 15 is 0 Å². The van der Waals surface area contributed by atoms with E-state index in [1.54, 1.807) is 0 Å². The van der Waals surface area contributed by atoms with Crippen molar-refractivity contribution < 1.29 is 13.2 Å². The zero-order valence-electron chi connectivity index (χ0n) is 9.49. The molecule has 90 valence electrons. The molecule has 0 radical (unpaired) electrons. The Morgan fingerprint density at radius 3 is 2.33 bits per heavy atom. The molecule has 0 aromatic heterocycles. The number of nitrogens with one attached hydrogen (secondary N) is 1. The summed E-state index contributed by atoms with van der Waals surface area (Å²) in [5.41, 5.74) is 0.00423. The van der Waals surface area contributed by atoms with E-state index in [-0.39, 0.29) is 11.5 Å². The maximum atomic E-state index is 12.2. The van der Waals surface area contributed by atoms with Crippen molar-refractivity contribution in [2.24, 2.45) is 5.41 Å². The third-order valence-corrected chi connectivity index (χ3v) is 2.71. The molecule has 1 unspecified atom stereocenters. The van der Waals surface area contributed by atoms with Gasteiger partial charge >= 0.3 is 6.18 Å². The van der Waals surface area contributed by atoms with Gasteiger partial charge in [0.15, 0.2) is 0 Å². The van der Waals surface area contributed by atoms with Crippen LogP contribution < -0.4 is 5.32 Å². The van der Waals surface area contributed by atoms with Crippen LogP contribution in [-0.4, -0.2) is 43.3 Å². The average Bonchev–Trinajstić information content (AvgIpc) is 1.99. The van der Waals surface area contributed by atoms with Gasteiger partial charge in [-0.25, -0.2) is 0 Å². The van der Waals surface area contributed by atoms with Crippen LogP contribution in [0, 0.1) is 5.41 Å². The maximum absolute atomic E-state index is 12.2. The van der Waals surface area contributed by atoms with Crippen molar-refractivity contribution in [1.29, 1.82) is 0 Å². The van der Waals surface area contributed by atoms with Crippen LogP contribution in [0.3, 0.4) is 0 Å². The standard InChI is InChI=1S/C10H19F3N2/c1-9(2,3)8-6-15(5-4-14-8)7-10(11,12)13/h8,14H,4-7H2,1-3H3. The van der Waals surface area contributed by atoms with Crippen LogP contribution in [0.25, 0.3) is 0 Å². The summed E-state index contributed by atoms with van der Waals surface area (Å²) in [4.78, 5) is 1.48. The van der Waals surface area contributed by atoms with Gasteiger partial charge in [-0.05, 0) is 5.41 Å². The van der Waals surface area contributed by atoms with Gasteiger partial charge in [0.2, 0.25) is 0 Å². The molecule has 1 aliphatic rings. The first-order valence-corrected chi connectivity index (χ1v) is 5.21. The summed E-state index contributed by atoms with van der Waals surface area (Å²) in [5.74, 6) is 0. The molecule has 0 aromatic rings. The second kappa shape index (κ2) is 4.29. The minimum atomic E-state index is -4.08. The molecule has 1 heterocycles. The summed E-state index contributed by atoms with van der Waals surface area (Å²) in [6.45, 7) is 6.93. The molecule has 0 amide bonds. The first-order chi connectivity index (χ1) is 6.68. The van der Waals surface area contributed by atoms with E-state index < -0.39 is 12.7 Å². The molecule has 1 saturated heterocycles. The van der Waals surface area contributed by atoms with Crippen molar-refractivity contribution in [3.8, 4) is 0 Å². The van der Waals surface area contributed by atoms with Crippen molar-refractivity contribution in [2.75, 3.05) is 26.2 Å². The topological polar surface area (TPSA) is 15.3 Å². The molecular weight excluding hydrogens is 205 g/mol. The quantitative estimate of drug-likeness (QED) is 0.731. The Balaban J connectivity index is 2.50. The third kappa shape index (κ3) is 4.38. The number of nitrogens with zero attached hydrogens (tertiary/aromatic N) is 1. The lowest BCUT2D eigenvalue weighted by Gasteiger charge is -2.40. The molecule has 1 rings (SSSR count). The van der Waals surface area contributed by atoms with Crippen molar-refractivity contribution in [3.63, 3.8) is 0 Å². The van der Waals surface area contributed by atoms with Crippen LogP contribution in [0.1, 0.15) is 20.8 Å². The van der Waals surface area contributed by atoms with Crippen LogP contribution in [-0.2, 0) is 0 Å². The molecule has 0 saturated carbocycles. The van der Waals surface area contributed by atoms with E-state index in [9.17, 15) is 13.2 Å². The first-order valence-electron chi connectivity index (χ1n) is 5.21. The fraction of sp³-hybridized carbons (Fsp3) is 1.00. The zero-order valence-corrected chi connectivity index (χ0v) is 9.49. The summed E-state index contributed by atoms with van der Waals surface area (Å²) in [6.07, 6.45) is -4.08. The molecule has 1 aliphatic heterocycles. The summed E-state index contributed by atoms with van der Waals surface area (Å²) >= 11 is 0. The largest absolute Gasteiger partial charge is 0.401 e. The van der Waals surface area contributed by atoms with Gasteiger partial charge in [-0.2, -0.15) is 13.2 Å². The smallest absolute Gasteiger partial charge is 0.311 e. The van der Waals surface area contributed by atoms with Gasteiger partial charge in [0, 0.05) is 25.7 Å². The van der Waals surface area contributed by atoms with E-state index in [4.69, 9.17) is 0 Å². The van der Waals surface area contributed by atoms with Crippen molar-refractivity contribution in [1.82, 2.24) is 10.2 Å². The fourth-order valence-corrected chi connectivity index (χ4v) is 1.79. The Morgan fingerprint density at radius 2 is 1.87 bits per heavy atom. The van der Waals surface area contributed by atoms with E-state index in [2.05, 4.69) is 5.32 Å². The molecule has 5 heteroatoms. The minimum absolute atomic E-state index is 0.00423. The van der Waals surface area contributed by atoms with Crippen LogP contribution >= 0.6 is 0 Å². The lowest BCUT2D eigenvalue weighted by molar-refractivity contribution is -0.149. The Kier molecular flexibility index (Phi) is 3.66. The Hall–Kier alpha value is -0.290. The molecule has 2 nitrogen and oxygen atoms in total. The molecular formula is C10H19F3N2. The first kappa shape index (κ1) is 12.8. The third-order valence-electron chi connectivity index (χ3n) is 2.71. The molecule has 0 bridgehead atoms. The minimum Gasteiger partial charge on any atom is -0.311 e. The Bertz CT molecular complexity index is 208. The number of halogens is 3. The van der Waals surface area contributed by atoms with E-state index in [1.165, 1.54) is 4.90 Å². The average molecular weight is 224 g/mol. The number of alkyl halides is 3. The summed E-state index contributed by atoms with van der Waals surface area (Å²) < 4.78 is 36.6. The lowest BCUT2D eigenvalue weighted by atomic mass is 9.85. The molecule has 0 aromatic carbocycles. The highest BCUT2D eigenvalue weighted by atomic mass is 19.4. The molecule has 1 atom stereocenters. The molecule has 0 aliphatic carbocycles. The van der Waals surface area contributed by atoms with Crippen molar-refractivity contribution >= 4 is 0 Å². The lowest BCUT2D eigenvalue weighted by Crippen LogP contribution is -2.57. The maximum Gasteiger partial charge on any atom is 0.401 e. The van der Waals surface area contributed by atoms with E-state index in [1.807, 2.05) is 20.8 Å². The van der Waals surface area contributed by atoms with Crippen LogP contribution in [0.5, 0.6) is 0 Å². The van der Waals surface area contributed by atoms with Gasteiger partial charge in [-0.15, -0.1) is 0 Å². The predicted octanol–water partition coefficient (Wildman–Crippen LogP) is 1.87. The highest BCUT2D eigenvalue weighted by molar-refractivity contribution is 4.87. The SMILES string of the molecule is CC(C)(C)C1CN(CC(F)(F)F)CCN1. The van der Waals surface area contributed by atoms with Crippen LogP contribution in [0.15, 0.2) is 0 Å². The number of hydrogen-bond acceptors (Lipinski definition) is 2. The summed E-state index contributed by atoms with van der Waals surface area (Å²) in [7, 11) is 0. The van der Waals surface area contributed by atoms with Gasteiger partial charge in [0.05, 0.1) is 6.54 Å². The fourth-order valence-electron chi connectivity index (χ4n) is 1.79. The summed E-state index contributed by atoms with van der Waals surface area (Å²) in [6, 6.07) is 0.133. The van der Waals surface area contributed by atoms with Crippen molar-refractivity contribution in [3.05, 3.63) is 0 Å². The van der Waals surface area contributed by atoms with Gasteiger partial charge in [-0.3, -0.25) is 4.90 Å². The molecule has 0 spiro atoms. The van der Waals surface area contributed by atoms with Gasteiger partial charge < -0.3 is 5.32 Å². The van der Waals surface area contributed by atoms with Gasteiger partial charge in [-0.1, -0.05) is 20.8 Å². The second-order valence-corrected chi connectivity index (χ2v) is 5.22.